The second-order valence-electron chi connectivity index (χ2n) is 6.31. The fourth-order valence-electron chi connectivity index (χ4n) is 2.91. The second kappa shape index (κ2) is 7.52. The van der Waals surface area contributed by atoms with E-state index in [1.54, 1.807) is 35.6 Å². The molecule has 30 heavy (non-hydrogen) atoms. The van der Waals surface area contributed by atoms with Crippen molar-refractivity contribution in [1.82, 2.24) is 5.32 Å². The first-order valence-corrected chi connectivity index (χ1v) is 8.40. The van der Waals surface area contributed by atoms with Gasteiger partial charge in [0.25, 0.3) is 0 Å². The summed E-state index contributed by atoms with van der Waals surface area (Å²) in [7, 11) is 0. The van der Waals surface area contributed by atoms with Crippen molar-refractivity contribution in [1.29, 1.82) is 0 Å². The summed E-state index contributed by atoms with van der Waals surface area (Å²) in [5.41, 5.74) is -3.14. The number of nitrogens with two attached hydrogens (primary N) is 1. The number of hydrogen-bond donors (Lipinski definition) is 2. The van der Waals surface area contributed by atoms with Gasteiger partial charge in [0.15, 0.2) is 0 Å². The van der Waals surface area contributed by atoms with Crippen LogP contribution in [0, 0.1) is 0 Å². The molecule has 0 radical (unpaired) electrons. The summed E-state index contributed by atoms with van der Waals surface area (Å²) in [6.07, 6.45) is -10.1. The Morgan fingerprint density at radius 2 is 1.53 bits per heavy atom. The molecular formula is C18H14F6N3O3+. The van der Waals surface area contributed by atoms with Gasteiger partial charge < -0.3 is 10.1 Å². The molecule has 0 saturated carbocycles. The predicted octanol–water partition coefficient (Wildman–Crippen LogP) is 2.66. The molecule has 0 aromatic heterocycles. The summed E-state index contributed by atoms with van der Waals surface area (Å²) in [5.74, 6) is -2.27. The molecule has 3 rings (SSSR count). The average Bonchev–Trinajstić information content (AvgIpc) is 2.91. The normalized spacial score (nSPS) is 19.7. The van der Waals surface area contributed by atoms with E-state index in [0.29, 0.717) is 10.9 Å². The number of halogens is 6. The maximum Gasteiger partial charge on any atom is 0.573 e. The lowest BCUT2D eigenvalue weighted by atomic mass is 10.1. The number of rotatable bonds is 5. The van der Waals surface area contributed by atoms with Crippen LogP contribution in [-0.2, 0) is 11.3 Å². The molecule has 0 bridgehead atoms. The van der Waals surface area contributed by atoms with Crippen molar-refractivity contribution in [3.8, 4) is 5.75 Å². The van der Waals surface area contributed by atoms with E-state index in [0.717, 1.165) is 24.3 Å². The first-order chi connectivity index (χ1) is 13.9. The summed E-state index contributed by atoms with van der Waals surface area (Å²) < 4.78 is 81.9. The van der Waals surface area contributed by atoms with E-state index in [1.807, 2.05) is 0 Å². The van der Waals surface area contributed by atoms with Crippen molar-refractivity contribution >= 4 is 17.6 Å². The SMILES string of the molecule is O=C1N[C@]([NH2+]Cc2ccccc2)(C(F)(F)F)C(=O)N1c1ccc(OC(F)(F)F)cc1. The van der Waals surface area contributed by atoms with E-state index < -0.39 is 35.9 Å². The quantitative estimate of drug-likeness (QED) is 0.562. The molecule has 160 valence electrons. The van der Waals surface area contributed by atoms with Crippen molar-refractivity contribution in [3.63, 3.8) is 0 Å². The fraction of sp³-hybridized carbons (Fsp3) is 0.222. The summed E-state index contributed by atoms with van der Waals surface area (Å²) >= 11 is 0. The maximum atomic E-state index is 13.8. The predicted molar refractivity (Wildman–Crippen MR) is 90.0 cm³/mol. The zero-order chi connectivity index (χ0) is 22.2. The molecule has 1 atom stereocenters. The molecule has 0 unspecified atom stereocenters. The number of benzene rings is 2. The summed E-state index contributed by atoms with van der Waals surface area (Å²) in [6.45, 7) is -0.265. The number of quaternary nitrogens is 1. The Bertz CT molecular complexity index is 931. The highest BCUT2D eigenvalue weighted by molar-refractivity contribution is 6.22. The number of imide groups is 1. The Morgan fingerprint density at radius 1 is 0.933 bits per heavy atom. The summed E-state index contributed by atoms with van der Waals surface area (Å²) in [5, 5.41) is 2.33. The smallest absolute Gasteiger partial charge is 0.406 e. The number of hydrogen-bond acceptors (Lipinski definition) is 3. The minimum atomic E-state index is -5.15. The van der Waals surface area contributed by atoms with Crippen molar-refractivity contribution in [3.05, 3.63) is 60.2 Å². The molecule has 1 aliphatic heterocycles. The monoisotopic (exact) mass is 434 g/mol. The van der Waals surface area contributed by atoms with Gasteiger partial charge in [0.05, 0.1) is 5.69 Å². The largest absolute Gasteiger partial charge is 0.573 e. The van der Waals surface area contributed by atoms with Crippen LogP contribution in [0.15, 0.2) is 54.6 Å². The van der Waals surface area contributed by atoms with Crippen molar-refractivity contribution in [2.24, 2.45) is 0 Å². The molecule has 1 heterocycles. The molecule has 0 spiro atoms. The van der Waals surface area contributed by atoms with Gasteiger partial charge in [-0.05, 0) is 24.3 Å². The van der Waals surface area contributed by atoms with Gasteiger partial charge in [-0.1, -0.05) is 30.3 Å². The van der Waals surface area contributed by atoms with Gasteiger partial charge in [0.2, 0.25) is 0 Å². The Balaban J connectivity index is 1.87. The highest BCUT2D eigenvalue weighted by atomic mass is 19.4. The van der Waals surface area contributed by atoms with Crippen LogP contribution in [0.5, 0.6) is 5.75 Å². The molecule has 3 N–H and O–H groups in total. The Kier molecular flexibility index (Phi) is 5.37. The van der Waals surface area contributed by atoms with Crippen molar-refractivity contribution < 1.29 is 46.0 Å². The van der Waals surface area contributed by atoms with Gasteiger partial charge in [-0.25, -0.2) is 9.69 Å². The number of nitrogens with one attached hydrogen (secondary N) is 1. The van der Waals surface area contributed by atoms with E-state index in [4.69, 9.17) is 0 Å². The number of nitrogens with zero attached hydrogens (tertiary/aromatic N) is 1. The first kappa shape index (κ1) is 21.4. The number of alkyl halides is 6. The molecular weight excluding hydrogens is 420 g/mol. The highest BCUT2D eigenvalue weighted by Gasteiger charge is 2.72. The standard InChI is InChI=1S/C18H13F6N3O3/c19-17(20,21)16(25-10-11-4-2-1-3-5-11)14(28)27(15(29)26-16)12-6-8-13(9-7-12)30-18(22,23)24/h1-9,25H,10H2,(H,26,29)/p+1/t16-/m0/s1. The van der Waals surface area contributed by atoms with Gasteiger partial charge in [-0.2, -0.15) is 13.2 Å². The number of amides is 3. The third-order valence-corrected chi connectivity index (χ3v) is 4.31. The second-order valence-corrected chi connectivity index (χ2v) is 6.31. The molecule has 1 fully saturated rings. The molecule has 6 nitrogen and oxygen atoms in total. The number of carbonyl (C=O) groups excluding carboxylic acids is 2. The van der Waals surface area contributed by atoms with Crippen LogP contribution in [0.4, 0.5) is 36.8 Å². The average molecular weight is 434 g/mol. The van der Waals surface area contributed by atoms with Crippen molar-refractivity contribution in [2.75, 3.05) is 4.90 Å². The fourth-order valence-corrected chi connectivity index (χ4v) is 2.91. The Morgan fingerprint density at radius 3 is 2.07 bits per heavy atom. The number of carbonyl (C=O) groups is 2. The lowest BCUT2D eigenvalue weighted by molar-refractivity contribution is -0.754. The maximum absolute atomic E-state index is 13.8. The Hall–Kier alpha value is -3.28. The van der Waals surface area contributed by atoms with Gasteiger partial charge in [0.1, 0.15) is 12.3 Å². The molecule has 0 aliphatic carbocycles. The molecule has 3 amide bonds. The van der Waals surface area contributed by atoms with Crippen LogP contribution < -0.4 is 20.3 Å². The molecule has 1 aliphatic rings. The summed E-state index contributed by atoms with van der Waals surface area (Å²) in [6, 6.07) is 9.95. The lowest BCUT2D eigenvalue weighted by Crippen LogP contribution is -3.04. The van der Waals surface area contributed by atoms with Gasteiger partial charge >= 0.3 is 30.1 Å². The van der Waals surface area contributed by atoms with Crippen LogP contribution >= 0.6 is 0 Å². The van der Waals surface area contributed by atoms with Gasteiger partial charge in [-0.3, -0.25) is 10.1 Å². The van der Waals surface area contributed by atoms with E-state index in [2.05, 4.69) is 4.74 Å². The topological polar surface area (TPSA) is 75.2 Å². The van der Waals surface area contributed by atoms with Gasteiger partial charge in [0, 0.05) is 5.56 Å². The third kappa shape index (κ3) is 4.17. The van der Waals surface area contributed by atoms with Crippen LogP contribution in [0.25, 0.3) is 0 Å². The number of urea groups is 1. The lowest BCUT2D eigenvalue weighted by Gasteiger charge is -2.26. The van der Waals surface area contributed by atoms with Crippen LogP contribution in [0.3, 0.4) is 0 Å². The van der Waals surface area contributed by atoms with E-state index in [9.17, 15) is 35.9 Å². The van der Waals surface area contributed by atoms with Crippen LogP contribution in [-0.4, -0.2) is 30.1 Å². The molecule has 2 aromatic carbocycles. The zero-order valence-electron chi connectivity index (χ0n) is 14.9. The third-order valence-electron chi connectivity index (χ3n) is 4.31. The molecule has 12 heteroatoms. The molecule has 1 saturated heterocycles. The zero-order valence-corrected chi connectivity index (χ0v) is 14.9. The minimum Gasteiger partial charge on any atom is -0.406 e. The van der Waals surface area contributed by atoms with E-state index >= 15 is 0 Å². The highest BCUT2D eigenvalue weighted by Crippen LogP contribution is 2.34. The first-order valence-electron chi connectivity index (χ1n) is 8.40. The van der Waals surface area contributed by atoms with E-state index in [1.165, 1.54) is 0 Å². The number of anilines is 1. The Labute approximate surface area is 165 Å². The van der Waals surface area contributed by atoms with Crippen molar-refractivity contribution in [2.45, 2.75) is 24.7 Å². The number of ether oxygens (including phenoxy) is 1. The minimum absolute atomic E-state index is 0.229. The van der Waals surface area contributed by atoms with E-state index in [-0.39, 0.29) is 17.1 Å². The van der Waals surface area contributed by atoms with Crippen LogP contribution in [0.2, 0.25) is 0 Å². The van der Waals surface area contributed by atoms with Gasteiger partial charge in [-0.15, -0.1) is 13.2 Å². The summed E-state index contributed by atoms with van der Waals surface area (Å²) in [4.78, 5) is 25.2. The molecule has 2 aromatic rings. The van der Waals surface area contributed by atoms with Crippen LogP contribution in [0.1, 0.15) is 5.56 Å².